The maximum Gasteiger partial charge on any atom is 0.124 e. The van der Waals surface area contributed by atoms with Gasteiger partial charge in [-0.3, -0.25) is 0 Å². The van der Waals surface area contributed by atoms with Crippen LogP contribution in [0.1, 0.15) is 50.8 Å². The number of aliphatic hydroxyl groups is 1. The highest BCUT2D eigenvalue weighted by atomic mass is 16.5. The van der Waals surface area contributed by atoms with Crippen molar-refractivity contribution in [3.63, 3.8) is 0 Å². The summed E-state index contributed by atoms with van der Waals surface area (Å²) in [5.74, 6) is 1.40. The average molecular weight is 279 g/mol. The van der Waals surface area contributed by atoms with E-state index in [1.165, 1.54) is 0 Å². The molecule has 2 N–H and O–H groups in total. The molecule has 3 nitrogen and oxygen atoms in total. The molecule has 0 saturated heterocycles. The van der Waals surface area contributed by atoms with E-state index >= 15 is 0 Å². The van der Waals surface area contributed by atoms with Gasteiger partial charge < -0.3 is 15.2 Å². The van der Waals surface area contributed by atoms with Crippen molar-refractivity contribution in [2.75, 3.05) is 13.7 Å². The molecule has 0 heterocycles. The van der Waals surface area contributed by atoms with E-state index in [9.17, 15) is 5.11 Å². The third kappa shape index (κ3) is 4.50. The summed E-state index contributed by atoms with van der Waals surface area (Å²) >= 11 is 0. The third-order valence-corrected chi connectivity index (χ3v) is 4.13. The molecule has 1 aromatic carbocycles. The molecule has 0 aliphatic heterocycles. The first-order valence-electron chi connectivity index (χ1n) is 7.59. The Labute approximate surface area is 123 Å². The van der Waals surface area contributed by atoms with Crippen LogP contribution in [0.4, 0.5) is 0 Å². The van der Waals surface area contributed by atoms with Crippen molar-refractivity contribution in [3.05, 3.63) is 29.3 Å². The Bertz CT molecular complexity index is 402. The second kappa shape index (κ2) is 8.28. The Morgan fingerprint density at radius 3 is 2.45 bits per heavy atom. The predicted molar refractivity (Wildman–Crippen MR) is 84.2 cm³/mol. The van der Waals surface area contributed by atoms with Crippen LogP contribution in [0.3, 0.4) is 0 Å². The lowest BCUT2D eigenvalue weighted by Gasteiger charge is -2.24. The van der Waals surface area contributed by atoms with Gasteiger partial charge in [-0.05, 0) is 31.9 Å². The predicted octanol–water partition coefficient (Wildman–Crippen LogP) is 3.45. The fraction of sp³-hybridized carbons (Fsp3) is 0.647. The molecule has 114 valence electrons. The van der Waals surface area contributed by atoms with Crippen LogP contribution in [-0.2, 0) is 0 Å². The molecule has 2 unspecified atom stereocenters. The summed E-state index contributed by atoms with van der Waals surface area (Å²) in [5.41, 5.74) is 1.99. The van der Waals surface area contributed by atoms with Crippen LogP contribution in [0.25, 0.3) is 0 Å². The number of aliphatic hydroxyl groups excluding tert-OH is 1. The molecule has 3 heteroatoms. The van der Waals surface area contributed by atoms with Gasteiger partial charge in [-0.1, -0.05) is 38.3 Å². The van der Waals surface area contributed by atoms with Gasteiger partial charge in [0.2, 0.25) is 0 Å². The third-order valence-electron chi connectivity index (χ3n) is 4.13. The van der Waals surface area contributed by atoms with E-state index in [1.807, 2.05) is 25.1 Å². The lowest BCUT2D eigenvalue weighted by atomic mass is 9.95. The summed E-state index contributed by atoms with van der Waals surface area (Å²) < 4.78 is 5.33. The van der Waals surface area contributed by atoms with Gasteiger partial charge >= 0.3 is 0 Å². The number of hydrogen-bond acceptors (Lipinski definition) is 3. The van der Waals surface area contributed by atoms with Gasteiger partial charge in [-0.15, -0.1) is 0 Å². The van der Waals surface area contributed by atoms with Gasteiger partial charge in [-0.2, -0.15) is 0 Å². The van der Waals surface area contributed by atoms with Crippen LogP contribution in [0.15, 0.2) is 18.2 Å². The SMILES string of the molecule is CCC(CC)C(C)NCC(O)c1cc(C)ccc1OC. The second-order valence-electron chi connectivity index (χ2n) is 5.53. The molecule has 0 saturated carbocycles. The molecule has 20 heavy (non-hydrogen) atoms. The number of hydrogen-bond donors (Lipinski definition) is 2. The minimum Gasteiger partial charge on any atom is -0.496 e. The normalized spacial score (nSPS) is 14.3. The fourth-order valence-electron chi connectivity index (χ4n) is 2.68. The van der Waals surface area contributed by atoms with E-state index in [2.05, 4.69) is 26.1 Å². The smallest absolute Gasteiger partial charge is 0.124 e. The van der Waals surface area contributed by atoms with Gasteiger partial charge in [0.15, 0.2) is 0 Å². The molecule has 0 spiro atoms. The molecular weight excluding hydrogens is 250 g/mol. The summed E-state index contributed by atoms with van der Waals surface area (Å²) in [6.45, 7) is 9.20. The number of methoxy groups -OCH3 is 1. The lowest BCUT2D eigenvalue weighted by molar-refractivity contribution is 0.160. The molecule has 0 bridgehead atoms. The number of rotatable bonds is 8. The van der Waals surface area contributed by atoms with Crippen molar-refractivity contribution >= 4 is 0 Å². The van der Waals surface area contributed by atoms with Crippen LogP contribution in [0, 0.1) is 12.8 Å². The van der Waals surface area contributed by atoms with E-state index in [1.54, 1.807) is 7.11 Å². The van der Waals surface area contributed by atoms with E-state index < -0.39 is 6.10 Å². The average Bonchev–Trinajstić information content (AvgIpc) is 2.46. The van der Waals surface area contributed by atoms with E-state index in [4.69, 9.17) is 4.74 Å². The maximum atomic E-state index is 10.4. The zero-order chi connectivity index (χ0) is 15.1. The van der Waals surface area contributed by atoms with Crippen LogP contribution in [0.2, 0.25) is 0 Å². The molecule has 0 aromatic heterocycles. The minimum atomic E-state index is -0.540. The summed E-state index contributed by atoms with van der Waals surface area (Å²) in [7, 11) is 1.64. The van der Waals surface area contributed by atoms with E-state index in [0.717, 1.165) is 29.7 Å². The molecule has 0 fully saturated rings. The zero-order valence-corrected chi connectivity index (χ0v) is 13.4. The Kier molecular flexibility index (Phi) is 7.03. The molecule has 0 radical (unpaired) electrons. The van der Waals surface area contributed by atoms with Gasteiger partial charge in [0.05, 0.1) is 13.2 Å². The van der Waals surface area contributed by atoms with Gasteiger partial charge in [0.25, 0.3) is 0 Å². The van der Waals surface area contributed by atoms with Crippen molar-refractivity contribution in [2.45, 2.75) is 52.7 Å². The van der Waals surface area contributed by atoms with Crippen LogP contribution in [-0.4, -0.2) is 24.8 Å². The highest BCUT2D eigenvalue weighted by molar-refractivity contribution is 5.38. The van der Waals surface area contributed by atoms with Crippen LogP contribution < -0.4 is 10.1 Å². The summed E-state index contributed by atoms with van der Waals surface area (Å²) in [6.07, 6.45) is 1.78. The highest BCUT2D eigenvalue weighted by Crippen LogP contribution is 2.26. The molecule has 2 atom stereocenters. The monoisotopic (exact) mass is 279 g/mol. The molecule has 1 aromatic rings. The Morgan fingerprint density at radius 1 is 1.25 bits per heavy atom. The van der Waals surface area contributed by atoms with E-state index in [-0.39, 0.29) is 0 Å². The number of ether oxygens (including phenoxy) is 1. The van der Waals surface area contributed by atoms with Crippen molar-refractivity contribution in [3.8, 4) is 5.75 Å². The highest BCUT2D eigenvalue weighted by Gasteiger charge is 2.17. The maximum absolute atomic E-state index is 10.4. The minimum absolute atomic E-state index is 0.412. The van der Waals surface area contributed by atoms with Crippen molar-refractivity contribution in [1.29, 1.82) is 0 Å². The van der Waals surface area contributed by atoms with Crippen molar-refractivity contribution in [2.24, 2.45) is 5.92 Å². The molecule has 1 rings (SSSR count). The first kappa shape index (κ1) is 17.0. The largest absolute Gasteiger partial charge is 0.496 e. The summed E-state index contributed by atoms with van der Waals surface area (Å²) in [4.78, 5) is 0. The quantitative estimate of drug-likeness (QED) is 0.766. The standard InChI is InChI=1S/C17H29NO2/c1-6-14(7-2)13(4)18-11-16(19)15-10-12(3)8-9-17(15)20-5/h8-10,13-14,16,18-19H,6-7,11H2,1-5H3. The Balaban J connectivity index is 2.67. The lowest BCUT2D eigenvalue weighted by Crippen LogP contribution is -2.36. The summed E-state index contributed by atoms with van der Waals surface area (Å²) in [5, 5.41) is 13.8. The molecule has 0 aliphatic carbocycles. The molecule has 0 amide bonds. The van der Waals surface area contributed by atoms with Crippen molar-refractivity contribution < 1.29 is 9.84 Å². The topological polar surface area (TPSA) is 41.5 Å². The number of aryl methyl sites for hydroxylation is 1. The van der Waals surface area contributed by atoms with Crippen molar-refractivity contribution in [1.82, 2.24) is 5.32 Å². The molecule has 0 aliphatic rings. The fourth-order valence-corrected chi connectivity index (χ4v) is 2.68. The molecular formula is C17H29NO2. The van der Waals surface area contributed by atoms with Crippen LogP contribution in [0.5, 0.6) is 5.75 Å². The zero-order valence-electron chi connectivity index (χ0n) is 13.4. The van der Waals surface area contributed by atoms with E-state index in [0.29, 0.717) is 18.5 Å². The number of benzene rings is 1. The first-order chi connectivity index (χ1) is 9.53. The Hall–Kier alpha value is -1.06. The van der Waals surface area contributed by atoms with Gasteiger partial charge in [0.1, 0.15) is 5.75 Å². The van der Waals surface area contributed by atoms with Gasteiger partial charge in [0, 0.05) is 18.2 Å². The number of nitrogens with one attached hydrogen (secondary N) is 1. The first-order valence-corrected chi connectivity index (χ1v) is 7.59. The van der Waals surface area contributed by atoms with Gasteiger partial charge in [-0.25, -0.2) is 0 Å². The Morgan fingerprint density at radius 2 is 1.90 bits per heavy atom. The summed E-state index contributed by atoms with van der Waals surface area (Å²) in [6, 6.07) is 6.32. The second-order valence-corrected chi connectivity index (χ2v) is 5.53. The van der Waals surface area contributed by atoms with Crippen LogP contribution >= 0.6 is 0 Å².